The summed E-state index contributed by atoms with van der Waals surface area (Å²) in [5.41, 5.74) is 7.33. The maximum atomic E-state index is 16.6. The van der Waals surface area contributed by atoms with Crippen molar-refractivity contribution in [2.75, 3.05) is 0 Å². The highest BCUT2D eigenvalue weighted by Gasteiger charge is 2.53. The number of β-lactam (4-membered cyclic amide) rings is 1. The number of aliphatic carboxylic acids is 1. The molecule has 2 aliphatic rings. The molecule has 4 heterocycles. The largest absolute Gasteiger partial charge is 0.477 e. The molecule has 340 valence electrons. The van der Waals surface area contributed by atoms with Gasteiger partial charge in [0.1, 0.15) is 16.9 Å². The summed E-state index contributed by atoms with van der Waals surface area (Å²) >= 11 is 2.45. The summed E-state index contributed by atoms with van der Waals surface area (Å²) in [5.74, 6) is -2.27. The van der Waals surface area contributed by atoms with Crippen molar-refractivity contribution in [3.63, 3.8) is 0 Å². The monoisotopic (exact) mass is 944 g/mol. The number of hydrazine groups is 1. The number of hydrogen-bond donors (Lipinski definition) is 2. The van der Waals surface area contributed by atoms with Gasteiger partial charge in [-0.2, -0.15) is 0 Å². The molecule has 0 radical (unpaired) electrons. The number of carbonyl (C=O) groups excluding carboxylic acids is 2. The Morgan fingerprint density at radius 2 is 1.20 bits per heavy atom. The van der Waals surface area contributed by atoms with Crippen LogP contribution in [-0.2, 0) is 30.4 Å². The molecule has 1 fully saturated rings. The number of oxime groups is 1. The van der Waals surface area contributed by atoms with Crippen LogP contribution in [0.25, 0.3) is 0 Å². The maximum Gasteiger partial charge on any atom is 0.353 e. The van der Waals surface area contributed by atoms with Crippen LogP contribution >= 0.6 is 23.1 Å². The highest BCUT2D eigenvalue weighted by molar-refractivity contribution is 8.03. The zero-order chi connectivity index (χ0) is 47.2. The Bertz CT molecular complexity index is 2920. The summed E-state index contributed by atoms with van der Waals surface area (Å²) in [6, 6.07) is 60.7. The first-order chi connectivity index (χ1) is 33.9. The molecule has 11 nitrogen and oxygen atoms in total. The number of carboxylic acids is 1. The molecular formula is C56H44N6O5S2. The molecule has 2 unspecified atom stereocenters. The third-order valence-corrected chi connectivity index (χ3v) is 14.3. The minimum Gasteiger partial charge on any atom is -0.477 e. The number of rotatable bonds is 16. The lowest BCUT2D eigenvalue weighted by Gasteiger charge is -2.51. The lowest BCUT2D eigenvalue weighted by molar-refractivity contribution is -0.152. The van der Waals surface area contributed by atoms with Crippen molar-refractivity contribution >= 4 is 46.6 Å². The molecular weight excluding hydrogens is 901 g/mol. The van der Waals surface area contributed by atoms with E-state index >= 15 is 4.79 Å². The van der Waals surface area contributed by atoms with Gasteiger partial charge in [-0.3, -0.25) is 19.6 Å². The van der Waals surface area contributed by atoms with Crippen molar-refractivity contribution < 1.29 is 24.3 Å². The SMILES string of the molecule is O=C(O)C1=C(Sc2cccnc2)C(N(NC(c2ccccc2)(c2ccccc2)c2ccccc2)C(=O)C(=NOC(c2ccccc2)(c2ccccc2)c2ccccc2)c2cscn2)CC2CC(=O)N12. The molecule has 6 aromatic carbocycles. The van der Waals surface area contributed by atoms with Crippen molar-refractivity contribution in [2.24, 2.45) is 5.16 Å². The number of carbonyl (C=O) groups is 3. The molecule has 0 aliphatic carbocycles. The zero-order valence-electron chi connectivity index (χ0n) is 37.0. The Labute approximate surface area is 407 Å². The van der Waals surface area contributed by atoms with E-state index in [0.29, 0.717) is 4.90 Å². The number of nitrogens with one attached hydrogen (secondary N) is 1. The molecule has 0 spiro atoms. The highest BCUT2D eigenvalue weighted by atomic mass is 32.2. The molecule has 2 N–H and O–H groups in total. The van der Waals surface area contributed by atoms with Gasteiger partial charge in [-0.1, -0.05) is 199 Å². The maximum absolute atomic E-state index is 16.6. The Hall–Kier alpha value is -7.97. The lowest BCUT2D eigenvalue weighted by atomic mass is 9.77. The van der Waals surface area contributed by atoms with Crippen LogP contribution in [0.2, 0.25) is 0 Å². The predicted molar refractivity (Wildman–Crippen MR) is 267 cm³/mol. The standard InChI is InChI=1S/C56H44N6O5S2/c63-49-35-45-34-48(52(51(54(65)66)61(45)49)69-46-32-19-33-57-36-46)62(60-55(39-20-7-1-8-21-39,40-22-9-2-10-23-40)41-24-11-3-12-25-41)53(64)50(47-37-68-38-58-47)59-67-56(42-26-13-4-14-27-42,43-28-15-5-16-29-43)44-30-17-6-18-31-44/h1-33,36-38,45,48,60H,34-35H2,(H,65,66). The first-order valence-electron chi connectivity index (χ1n) is 22.3. The smallest absolute Gasteiger partial charge is 0.353 e. The van der Waals surface area contributed by atoms with Gasteiger partial charge in [0.15, 0.2) is 5.71 Å². The summed E-state index contributed by atoms with van der Waals surface area (Å²) < 4.78 is 0. The number of fused-ring (bicyclic) bond motifs is 1. The Morgan fingerprint density at radius 1 is 0.710 bits per heavy atom. The number of pyridine rings is 1. The number of benzene rings is 6. The van der Waals surface area contributed by atoms with Gasteiger partial charge in [-0.25, -0.2) is 15.2 Å². The van der Waals surface area contributed by atoms with E-state index in [0.717, 1.165) is 45.1 Å². The Balaban J connectivity index is 1.24. The molecule has 69 heavy (non-hydrogen) atoms. The van der Waals surface area contributed by atoms with Crippen molar-refractivity contribution in [3.8, 4) is 0 Å². The quantitative estimate of drug-likeness (QED) is 0.0420. The van der Waals surface area contributed by atoms with E-state index in [2.05, 4.69) is 10.4 Å². The van der Waals surface area contributed by atoms with Gasteiger partial charge < -0.3 is 14.8 Å². The first kappa shape index (κ1) is 44.8. The van der Waals surface area contributed by atoms with Gasteiger partial charge in [0.05, 0.1) is 11.6 Å². The van der Waals surface area contributed by atoms with Gasteiger partial charge >= 0.3 is 5.97 Å². The van der Waals surface area contributed by atoms with Gasteiger partial charge in [0.2, 0.25) is 11.5 Å². The average Bonchev–Trinajstić information content (AvgIpc) is 3.95. The Morgan fingerprint density at radius 3 is 1.62 bits per heavy atom. The second kappa shape index (κ2) is 19.7. The molecule has 8 aromatic rings. The van der Waals surface area contributed by atoms with Gasteiger partial charge in [0.25, 0.3) is 5.91 Å². The van der Waals surface area contributed by atoms with E-state index in [1.165, 1.54) is 21.2 Å². The first-order valence-corrected chi connectivity index (χ1v) is 24.1. The van der Waals surface area contributed by atoms with Crippen LogP contribution < -0.4 is 5.43 Å². The van der Waals surface area contributed by atoms with E-state index < -0.39 is 35.1 Å². The molecule has 2 amide bonds. The Kier molecular flexibility index (Phi) is 12.8. The van der Waals surface area contributed by atoms with E-state index in [4.69, 9.17) is 15.0 Å². The normalized spacial score (nSPS) is 16.0. The molecule has 13 heteroatoms. The molecule has 0 saturated carbocycles. The van der Waals surface area contributed by atoms with E-state index in [1.807, 2.05) is 188 Å². The zero-order valence-corrected chi connectivity index (χ0v) is 38.6. The fraction of sp³-hybridized carbons (Fsp3) is 0.107. The van der Waals surface area contributed by atoms with E-state index in [1.54, 1.807) is 29.4 Å². The average molecular weight is 945 g/mol. The summed E-state index contributed by atoms with van der Waals surface area (Å²) in [6.07, 6.45) is 3.55. The minimum absolute atomic E-state index is 0.102. The van der Waals surface area contributed by atoms with Crippen molar-refractivity contribution in [3.05, 3.63) is 267 Å². The summed E-state index contributed by atoms with van der Waals surface area (Å²) in [7, 11) is 0. The van der Waals surface area contributed by atoms with Crippen molar-refractivity contribution in [1.82, 2.24) is 25.3 Å². The number of hydrogen-bond acceptors (Lipinski definition) is 10. The number of aromatic nitrogens is 2. The second-order valence-electron chi connectivity index (χ2n) is 16.5. The molecule has 2 atom stereocenters. The van der Waals surface area contributed by atoms with E-state index in [-0.39, 0.29) is 40.8 Å². The number of thioether (sulfide) groups is 1. The molecule has 0 bridgehead atoms. The molecule has 2 aliphatic heterocycles. The van der Waals surface area contributed by atoms with Crippen LogP contribution in [-0.4, -0.2) is 60.6 Å². The number of nitrogens with zero attached hydrogens (tertiary/aromatic N) is 5. The predicted octanol–water partition coefficient (Wildman–Crippen LogP) is 10.0. The topological polar surface area (TPSA) is 137 Å². The number of amides is 2. The van der Waals surface area contributed by atoms with E-state index in [9.17, 15) is 14.7 Å². The van der Waals surface area contributed by atoms with Crippen LogP contribution in [0.3, 0.4) is 0 Å². The number of thiazole rings is 1. The van der Waals surface area contributed by atoms with Crippen LogP contribution in [0.5, 0.6) is 0 Å². The van der Waals surface area contributed by atoms with Gasteiger partial charge in [-0.05, 0) is 35.2 Å². The van der Waals surface area contributed by atoms with Crippen LogP contribution in [0.1, 0.15) is 51.9 Å². The fourth-order valence-corrected chi connectivity index (χ4v) is 11.0. The van der Waals surface area contributed by atoms with Crippen LogP contribution in [0.4, 0.5) is 0 Å². The summed E-state index contributed by atoms with van der Waals surface area (Å²) in [4.78, 5) is 62.0. The lowest BCUT2D eigenvalue weighted by Crippen LogP contribution is -2.65. The fourth-order valence-electron chi connectivity index (χ4n) is 9.34. The highest BCUT2D eigenvalue weighted by Crippen LogP contribution is 2.47. The van der Waals surface area contributed by atoms with Crippen LogP contribution in [0, 0.1) is 0 Å². The molecule has 1 saturated heterocycles. The summed E-state index contributed by atoms with van der Waals surface area (Å²) in [6.45, 7) is 0. The van der Waals surface area contributed by atoms with Gasteiger partial charge in [0, 0.05) is 56.7 Å². The van der Waals surface area contributed by atoms with Crippen molar-refractivity contribution in [2.45, 2.75) is 41.0 Å². The minimum atomic E-state index is -1.37. The van der Waals surface area contributed by atoms with Crippen molar-refractivity contribution in [1.29, 1.82) is 0 Å². The molecule has 10 rings (SSSR count). The van der Waals surface area contributed by atoms with Crippen LogP contribution in [0.15, 0.2) is 238 Å². The number of carboxylic acid groups (broad SMARTS) is 1. The van der Waals surface area contributed by atoms with Gasteiger partial charge in [-0.15, -0.1) is 11.3 Å². The second-order valence-corrected chi connectivity index (χ2v) is 18.3. The third kappa shape index (κ3) is 8.52. The third-order valence-electron chi connectivity index (χ3n) is 12.5. The molecule has 2 aromatic heterocycles. The summed E-state index contributed by atoms with van der Waals surface area (Å²) in [5, 5.41) is 19.3.